The van der Waals surface area contributed by atoms with Crippen molar-refractivity contribution >= 4 is 16.7 Å². The Morgan fingerprint density at radius 1 is 1.17 bits per heavy atom. The fourth-order valence-electron chi connectivity index (χ4n) is 3.51. The van der Waals surface area contributed by atoms with Gasteiger partial charge in [0.2, 0.25) is 0 Å². The smallest absolute Gasteiger partial charge is 0.455 e. The average Bonchev–Trinajstić information content (AvgIpc) is 2.87. The van der Waals surface area contributed by atoms with E-state index in [2.05, 4.69) is 0 Å². The van der Waals surface area contributed by atoms with Gasteiger partial charge in [-0.25, -0.2) is 0 Å². The SMILES string of the molecule is O=C(c1c(O)c2cccc3c2n(c1=O)C1C=CC=CC31)C(F)(F)F. The van der Waals surface area contributed by atoms with Gasteiger partial charge in [-0.2, -0.15) is 13.2 Å². The van der Waals surface area contributed by atoms with E-state index in [0.717, 1.165) is 5.56 Å². The second kappa shape index (κ2) is 4.59. The average molecular weight is 333 g/mol. The number of hydrogen-bond donors (Lipinski definition) is 1. The predicted octanol–water partition coefficient (Wildman–Crippen LogP) is 3.22. The van der Waals surface area contributed by atoms with Crippen LogP contribution in [0, 0.1) is 0 Å². The predicted molar refractivity (Wildman–Crippen MR) is 80.3 cm³/mol. The number of hydrogen-bond acceptors (Lipinski definition) is 3. The molecule has 0 amide bonds. The minimum Gasteiger partial charge on any atom is -0.506 e. The normalized spacial score (nSPS) is 21.3. The molecule has 2 aromatic rings. The Kier molecular flexibility index (Phi) is 2.82. The van der Waals surface area contributed by atoms with Gasteiger partial charge in [-0.3, -0.25) is 14.2 Å². The van der Waals surface area contributed by atoms with Crippen LogP contribution in [0.3, 0.4) is 0 Å². The summed E-state index contributed by atoms with van der Waals surface area (Å²) in [6.07, 6.45) is 1.79. The van der Waals surface area contributed by atoms with Crippen molar-refractivity contribution in [2.45, 2.75) is 18.1 Å². The van der Waals surface area contributed by atoms with Crippen LogP contribution in [0.2, 0.25) is 0 Å². The maximum atomic E-state index is 12.8. The van der Waals surface area contributed by atoms with Crippen molar-refractivity contribution in [3.05, 3.63) is 64.0 Å². The van der Waals surface area contributed by atoms with E-state index in [0.29, 0.717) is 5.52 Å². The molecule has 2 heterocycles. The van der Waals surface area contributed by atoms with Crippen molar-refractivity contribution < 1.29 is 23.1 Å². The Balaban J connectivity index is 2.14. The van der Waals surface area contributed by atoms with Gasteiger partial charge < -0.3 is 5.11 Å². The first-order valence-electron chi connectivity index (χ1n) is 7.19. The molecule has 2 atom stereocenters. The molecule has 0 saturated heterocycles. The van der Waals surface area contributed by atoms with Crippen molar-refractivity contribution in [3.63, 3.8) is 0 Å². The van der Waals surface area contributed by atoms with Gasteiger partial charge in [0.15, 0.2) is 0 Å². The second-order valence-corrected chi connectivity index (χ2v) is 5.76. The molecule has 7 heteroatoms. The summed E-state index contributed by atoms with van der Waals surface area (Å²) < 4.78 is 39.7. The standard InChI is InChI=1S/C17H10F3NO3/c18-17(19,20)15(23)12-14(22)10-6-3-5-9-8-4-1-2-7-11(8)21(13(9)10)16(12)24/h1-8,11,22H. The number of pyridine rings is 1. The number of para-hydroxylation sites is 1. The topological polar surface area (TPSA) is 59.3 Å². The number of aromatic hydroxyl groups is 1. The summed E-state index contributed by atoms with van der Waals surface area (Å²) in [4.78, 5) is 24.3. The number of nitrogens with zero attached hydrogens (tertiary/aromatic N) is 1. The molecule has 24 heavy (non-hydrogen) atoms. The fourth-order valence-corrected chi connectivity index (χ4v) is 3.51. The van der Waals surface area contributed by atoms with Gasteiger partial charge in [-0.15, -0.1) is 0 Å². The number of benzene rings is 1. The quantitative estimate of drug-likeness (QED) is 0.815. The largest absolute Gasteiger partial charge is 0.506 e. The summed E-state index contributed by atoms with van der Waals surface area (Å²) in [6, 6.07) is 4.24. The molecule has 0 radical (unpaired) electrons. The van der Waals surface area contributed by atoms with Gasteiger partial charge >= 0.3 is 6.18 Å². The molecule has 4 nitrogen and oxygen atoms in total. The summed E-state index contributed by atoms with van der Waals surface area (Å²) in [7, 11) is 0. The Morgan fingerprint density at radius 3 is 2.58 bits per heavy atom. The van der Waals surface area contributed by atoms with E-state index in [-0.39, 0.29) is 11.3 Å². The Bertz CT molecular complexity index is 1010. The summed E-state index contributed by atoms with van der Waals surface area (Å²) >= 11 is 0. The highest BCUT2D eigenvalue weighted by Gasteiger charge is 2.45. The lowest BCUT2D eigenvalue weighted by molar-refractivity contribution is -0.0887. The highest BCUT2D eigenvalue weighted by Crippen LogP contribution is 2.46. The van der Waals surface area contributed by atoms with Crippen LogP contribution in [0.1, 0.15) is 27.9 Å². The van der Waals surface area contributed by atoms with Gasteiger partial charge in [-0.05, 0) is 11.6 Å². The molecule has 0 saturated carbocycles. The van der Waals surface area contributed by atoms with E-state index in [4.69, 9.17) is 0 Å². The molecule has 0 bridgehead atoms. The summed E-state index contributed by atoms with van der Waals surface area (Å²) in [5.41, 5.74) is -1.25. The molecule has 1 N–H and O–H groups in total. The lowest BCUT2D eigenvalue weighted by Crippen LogP contribution is -2.34. The van der Waals surface area contributed by atoms with Crippen LogP contribution in [0.15, 0.2) is 47.3 Å². The third-order valence-electron chi connectivity index (χ3n) is 4.48. The molecule has 0 fully saturated rings. The van der Waals surface area contributed by atoms with Gasteiger partial charge in [0, 0.05) is 11.3 Å². The van der Waals surface area contributed by atoms with E-state index >= 15 is 0 Å². The van der Waals surface area contributed by atoms with Crippen molar-refractivity contribution in [2.75, 3.05) is 0 Å². The van der Waals surface area contributed by atoms with E-state index in [9.17, 15) is 27.9 Å². The maximum Gasteiger partial charge on any atom is 0.455 e. The van der Waals surface area contributed by atoms with Crippen LogP contribution in [0.4, 0.5) is 13.2 Å². The number of rotatable bonds is 1. The third-order valence-corrected chi connectivity index (χ3v) is 4.48. The van der Waals surface area contributed by atoms with Crippen LogP contribution >= 0.6 is 0 Å². The van der Waals surface area contributed by atoms with Crippen molar-refractivity contribution in [2.24, 2.45) is 0 Å². The number of Topliss-reactive ketones (excluding diaryl/α,β-unsaturated/α-hetero) is 1. The van der Waals surface area contributed by atoms with E-state index < -0.39 is 34.9 Å². The first-order valence-corrected chi connectivity index (χ1v) is 7.19. The summed E-state index contributed by atoms with van der Waals surface area (Å²) in [5.74, 6) is -3.47. The molecule has 1 aliphatic carbocycles. The van der Waals surface area contributed by atoms with Crippen LogP contribution < -0.4 is 5.56 Å². The molecule has 1 aromatic carbocycles. The van der Waals surface area contributed by atoms with E-state index in [1.807, 2.05) is 6.08 Å². The lowest BCUT2D eigenvalue weighted by Gasteiger charge is -2.19. The fraction of sp³-hybridized carbons (Fsp3) is 0.176. The van der Waals surface area contributed by atoms with Crippen LogP contribution in [0.5, 0.6) is 5.75 Å². The number of fused-ring (bicyclic) bond motifs is 3. The molecule has 1 aliphatic heterocycles. The highest BCUT2D eigenvalue weighted by atomic mass is 19.4. The van der Waals surface area contributed by atoms with Crippen LogP contribution in [0.25, 0.3) is 10.9 Å². The zero-order chi connectivity index (χ0) is 17.2. The number of carbonyl (C=O) groups excluding carboxylic acids is 1. The number of aromatic nitrogens is 1. The first kappa shape index (κ1) is 14.7. The maximum absolute atomic E-state index is 12.8. The van der Waals surface area contributed by atoms with Gasteiger partial charge in [-0.1, -0.05) is 36.4 Å². The second-order valence-electron chi connectivity index (χ2n) is 5.76. The zero-order valence-electron chi connectivity index (χ0n) is 12.0. The number of ketones is 1. The lowest BCUT2D eigenvalue weighted by atomic mass is 9.91. The van der Waals surface area contributed by atoms with Gasteiger partial charge in [0.1, 0.15) is 11.3 Å². The Morgan fingerprint density at radius 2 is 1.88 bits per heavy atom. The van der Waals surface area contributed by atoms with Crippen molar-refractivity contribution in [3.8, 4) is 5.75 Å². The zero-order valence-corrected chi connectivity index (χ0v) is 12.0. The number of halogens is 3. The molecule has 2 unspecified atom stereocenters. The third kappa shape index (κ3) is 1.75. The monoisotopic (exact) mass is 333 g/mol. The van der Waals surface area contributed by atoms with Gasteiger partial charge in [0.25, 0.3) is 11.3 Å². The minimum absolute atomic E-state index is 0.0656. The molecule has 0 spiro atoms. The number of alkyl halides is 3. The molecule has 4 rings (SSSR count). The Labute approximate surface area is 133 Å². The molecule has 2 aliphatic rings. The summed E-state index contributed by atoms with van der Waals surface area (Å²) in [5, 5.41) is 10.3. The molecular formula is C17H10F3NO3. The molecular weight excluding hydrogens is 323 g/mol. The number of carbonyl (C=O) groups is 1. The minimum atomic E-state index is -5.24. The molecule has 1 aromatic heterocycles. The Hall–Kier alpha value is -2.83. The van der Waals surface area contributed by atoms with Gasteiger partial charge in [0.05, 0.1) is 11.6 Å². The summed E-state index contributed by atoms with van der Waals surface area (Å²) in [6.45, 7) is 0. The first-order chi connectivity index (χ1) is 11.3. The number of allylic oxidation sites excluding steroid dienone is 4. The van der Waals surface area contributed by atoms with Crippen LogP contribution in [-0.2, 0) is 0 Å². The van der Waals surface area contributed by atoms with Crippen molar-refractivity contribution in [1.29, 1.82) is 0 Å². The van der Waals surface area contributed by atoms with Crippen molar-refractivity contribution in [1.82, 2.24) is 4.57 Å². The van der Waals surface area contributed by atoms with Crippen LogP contribution in [-0.4, -0.2) is 21.6 Å². The molecule has 122 valence electrons. The van der Waals surface area contributed by atoms with E-state index in [1.165, 1.54) is 10.6 Å². The highest BCUT2D eigenvalue weighted by molar-refractivity contribution is 6.07. The van der Waals surface area contributed by atoms with E-state index in [1.54, 1.807) is 30.4 Å².